The largest absolute Gasteiger partial charge is 0.493 e. The molecule has 1 atom stereocenters. The van der Waals surface area contributed by atoms with Gasteiger partial charge in [0.1, 0.15) is 11.6 Å². The van der Waals surface area contributed by atoms with Crippen LogP contribution in [-0.4, -0.2) is 16.4 Å². The fourth-order valence-electron chi connectivity index (χ4n) is 2.58. The summed E-state index contributed by atoms with van der Waals surface area (Å²) in [5.74, 6) is 1.95. The highest BCUT2D eigenvalue weighted by Crippen LogP contribution is 2.35. The Bertz CT molecular complexity index is 577. The summed E-state index contributed by atoms with van der Waals surface area (Å²) in [6, 6.07) is 8.61. The van der Waals surface area contributed by atoms with Gasteiger partial charge in [-0.1, -0.05) is 18.2 Å². The topological polar surface area (TPSA) is 39.1 Å². The van der Waals surface area contributed by atoms with E-state index in [0.29, 0.717) is 0 Å². The lowest BCUT2D eigenvalue weighted by atomic mass is 10.00. The van der Waals surface area contributed by atoms with Crippen molar-refractivity contribution in [3.63, 3.8) is 0 Å². The van der Waals surface area contributed by atoms with E-state index in [4.69, 9.17) is 4.74 Å². The highest BCUT2D eigenvalue weighted by molar-refractivity contribution is 5.47. The van der Waals surface area contributed by atoms with Crippen molar-refractivity contribution in [1.82, 2.24) is 9.78 Å². The Kier molecular flexibility index (Phi) is 3.15. The molecule has 1 aliphatic rings. The molecular formula is C15H19N3O. The highest BCUT2D eigenvalue weighted by atomic mass is 16.5. The van der Waals surface area contributed by atoms with Crippen molar-refractivity contribution in [1.29, 1.82) is 0 Å². The molecule has 4 heteroatoms. The van der Waals surface area contributed by atoms with Crippen LogP contribution in [0.5, 0.6) is 5.75 Å². The van der Waals surface area contributed by atoms with Crippen LogP contribution < -0.4 is 10.1 Å². The summed E-state index contributed by atoms with van der Waals surface area (Å²) in [7, 11) is 1.93. The molecule has 2 aromatic rings. The van der Waals surface area contributed by atoms with Crippen molar-refractivity contribution in [2.75, 3.05) is 11.9 Å². The van der Waals surface area contributed by atoms with E-state index in [9.17, 15) is 0 Å². The number of nitrogens with one attached hydrogen (secondary N) is 1. The third-order valence-corrected chi connectivity index (χ3v) is 3.54. The zero-order valence-corrected chi connectivity index (χ0v) is 11.4. The summed E-state index contributed by atoms with van der Waals surface area (Å²) in [6.07, 6.45) is 4.07. The van der Waals surface area contributed by atoms with E-state index in [1.807, 2.05) is 24.0 Å². The van der Waals surface area contributed by atoms with Gasteiger partial charge in [-0.05, 0) is 25.3 Å². The van der Waals surface area contributed by atoms with Crippen LogP contribution in [0.25, 0.3) is 0 Å². The molecule has 0 spiro atoms. The molecule has 3 rings (SSSR count). The van der Waals surface area contributed by atoms with Crippen LogP contribution in [0.4, 0.5) is 5.82 Å². The Balaban J connectivity index is 1.92. The summed E-state index contributed by atoms with van der Waals surface area (Å²) in [6.45, 7) is 2.89. The highest BCUT2D eigenvalue weighted by Gasteiger charge is 2.21. The number of ether oxygens (including phenoxy) is 1. The number of rotatable bonds is 2. The van der Waals surface area contributed by atoms with Gasteiger partial charge in [-0.3, -0.25) is 4.68 Å². The Morgan fingerprint density at radius 1 is 1.37 bits per heavy atom. The number of hydrogen-bond acceptors (Lipinski definition) is 3. The molecule has 19 heavy (non-hydrogen) atoms. The van der Waals surface area contributed by atoms with Gasteiger partial charge in [-0.2, -0.15) is 5.10 Å². The first kappa shape index (κ1) is 12.1. The van der Waals surface area contributed by atoms with Crippen molar-refractivity contribution in [2.45, 2.75) is 25.8 Å². The van der Waals surface area contributed by atoms with Crippen LogP contribution in [0.3, 0.4) is 0 Å². The van der Waals surface area contributed by atoms with Gasteiger partial charge in [-0.15, -0.1) is 0 Å². The monoisotopic (exact) mass is 257 g/mol. The van der Waals surface area contributed by atoms with Gasteiger partial charge in [0.15, 0.2) is 0 Å². The molecule has 1 aromatic heterocycles. The van der Waals surface area contributed by atoms with E-state index in [-0.39, 0.29) is 6.04 Å². The summed E-state index contributed by atoms with van der Waals surface area (Å²) < 4.78 is 7.70. The number of hydrogen-bond donors (Lipinski definition) is 1. The second-order valence-corrected chi connectivity index (χ2v) is 5.06. The van der Waals surface area contributed by atoms with Gasteiger partial charge in [0.25, 0.3) is 0 Å². The molecule has 1 N–H and O–H groups in total. The summed E-state index contributed by atoms with van der Waals surface area (Å²) >= 11 is 0. The third-order valence-electron chi connectivity index (χ3n) is 3.54. The molecular weight excluding hydrogens is 238 g/mol. The minimum absolute atomic E-state index is 0.271. The van der Waals surface area contributed by atoms with Crippen LogP contribution in [0.15, 0.2) is 30.5 Å². The molecule has 100 valence electrons. The summed E-state index contributed by atoms with van der Waals surface area (Å²) in [5, 5.41) is 7.91. The Morgan fingerprint density at radius 3 is 3.05 bits per heavy atom. The zero-order valence-electron chi connectivity index (χ0n) is 11.4. The van der Waals surface area contributed by atoms with Crippen molar-refractivity contribution in [3.8, 4) is 5.75 Å². The standard InChI is InChI=1S/C15H19N3O/c1-11-5-3-6-12-13(7-4-10-19-15(11)12)16-14-8-9-18(2)17-14/h3,5-6,8-9,13H,4,7,10H2,1-2H3,(H,16,17). The molecule has 0 amide bonds. The Hall–Kier alpha value is -1.97. The molecule has 4 nitrogen and oxygen atoms in total. The summed E-state index contributed by atoms with van der Waals surface area (Å²) in [5.41, 5.74) is 2.44. The number of benzene rings is 1. The van der Waals surface area contributed by atoms with Crippen LogP contribution in [0.1, 0.15) is 30.0 Å². The predicted octanol–water partition coefficient (Wildman–Crippen LogP) is 3.05. The van der Waals surface area contributed by atoms with E-state index in [1.165, 1.54) is 11.1 Å². The first-order valence-corrected chi connectivity index (χ1v) is 6.72. The lowest BCUT2D eigenvalue weighted by Gasteiger charge is -2.19. The number of aryl methyl sites for hydroxylation is 2. The smallest absolute Gasteiger partial charge is 0.148 e. The van der Waals surface area contributed by atoms with Gasteiger partial charge in [0.05, 0.1) is 12.6 Å². The van der Waals surface area contributed by atoms with E-state index < -0.39 is 0 Å². The SMILES string of the molecule is Cc1cccc2c1OCCCC2Nc1ccn(C)n1. The van der Waals surface area contributed by atoms with Crippen LogP contribution in [-0.2, 0) is 7.05 Å². The molecule has 1 aliphatic heterocycles. The van der Waals surface area contributed by atoms with Crippen molar-refractivity contribution < 1.29 is 4.74 Å². The van der Waals surface area contributed by atoms with Crippen LogP contribution in [0.2, 0.25) is 0 Å². The average molecular weight is 257 g/mol. The first-order chi connectivity index (χ1) is 9.24. The van der Waals surface area contributed by atoms with Crippen molar-refractivity contribution in [3.05, 3.63) is 41.6 Å². The predicted molar refractivity (Wildman–Crippen MR) is 75.5 cm³/mol. The van der Waals surface area contributed by atoms with E-state index >= 15 is 0 Å². The Labute approximate surface area is 113 Å². The molecule has 0 saturated heterocycles. The molecule has 0 radical (unpaired) electrons. The van der Waals surface area contributed by atoms with Gasteiger partial charge >= 0.3 is 0 Å². The molecule has 0 bridgehead atoms. The third kappa shape index (κ3) is 2.43. The minimum Gasteiger partial charge on any atom is -0.493 e. The number of aromatic nitrogens is 2. The number of para-hydroxylation sites is 1. The fourth-order valence-corrected chi connectivity index (χ4v) is 2.58. The molecule has 0 aliphatic carbocycles. The lowest BCUT2D eigenvalue weighted by molar-refractivity contribution is 0.314. The normalized spacial score (nSPS) is 18.3. The van der Waals surface area contributed by atoms with E-state index in [2.05, 4.69) is 35.5 Å². The van der Waals surface area contributed by atoms with Gasteiger partial charge in [0.2, 0.25) is 0 Å². The minimum atomic E-state index is 0.271. The van der Waals surface area contributed by atoms with Crippen LogP contribution in [0, 0.1) is 6.92 Å². The molecule has 0 saturated carbocycles. The maximum Gasteiger partial charge on any atom is 0.148 e. The van der Waals surface area contributed by atoms with E-state index in [0.717, 1.165) is 31.0 Å². The van der Waals surface area contributed by atoms with Crippen LogP contribution >= 0.6 is 0 Å². The lowest BCUT2D eigenvalue weighted by Crippen LogP contribution is -2.11. The Morgan fingerprint density at radius 2 is 2.26 bits per heavy atom. The van der Waals surface area contributed by atoms with E-state index in [1.54, 1.807) is 0 Å². The number of anilines is 1. The zero-order chi connectivity index (χ0) is 13.2. The maximum absolute atomic E-state index is 5.89. The van der Waals surface area contributed by atoms with Crippen molar-refractivity contribution in [2.24, 2.45) is 7.05 Å². The quantitative estimate of drug-likeness (QED) is 0.898. The fraction of sp³-hybridized carbons (Fsp3) is 0.400. The van der Waals surface area contributed by atoms with Crippen molar-refractivity contribution >= 4 is 5.82 Å². The summed E-state index contributed by atoms with van der Waals surface area (Å²) in [4.78, 5) is 0. The van der Waals surface area contributed by atoms with Gasteiger partial charge in [0, 0.05) is 24.9 Å². The molecule has 1 unspecified atom stereocenters. The second kappa shape index (κ2) is 4.96. The van der Waals surface area contributed by atoms with Gasteiger partial charge in [-0.25, -0.2) is 0 Å². The van der Waals surface area contributed by atoms with Gasteiger partial charge < -0.3 is 10.1 Å². The number of nitrogens with zero attached hydrogens (tertiary/aromatic N) is 2. The maximum atomic E-state index is 5.89. The second-order valence-electron chi connectivity index (χ2n) is 5.06. The first-order valence-electron chi connectivity index (χ1n) is 6.72. The number of fused-ring (bicyclic) bond motifs is 1. The molecule has 1 aromatic carbocycles. The molecule has 0 fully saturated rings. The average Bonchev–Trinajstić information content (AvgIpc) is 2.68. The molecule has 2 heterocycles.